The van der Waals surface area contributed by atoms with Crippen LogP contribution in [-0.4, -0.2) is 75.6 Å². The van der Waals surface area contributed by atoms with Gasteiger partial charge in [-0.15, -0.1) is 13.2 Å². The van der Waals surface area contributed by atoms with Crippen LogP contribution in [0.15, 0.2) is 110 Å². The maximum Gasteiger partial charge on any atom is 0.253 e. The number of rotatable bonds is 13. The van der Waals surface area contributed by atoms with Crippen molar-refractivity contribution in [1.82, 2.24) is 9.80 Å². The van der Waals surface area contributed by atoms with Crippen LogP contribution in [0.25, 0.3) is 0 Å². The number of amides is 3. The van der Waals surface area contributed by atoms with E-state index >= 15 is 4.79 Å². The van der Waals surface area contributed by atoms with Crippen LogP contribution in [0.5, 0.6) is 0 Å². The monoisotopic (exact) mass is 667 g/mol. The lowest BCUT2D eigenvalue weighted by molar-refractivity contribution is -0.152. The molecule has 0 aromatic heterocycles. The van der Waals surface area contributed by atoms with Gasteiger partial charge in [-0.25, -0.2) is 0 Å². The summed E-state index contributed by atoms with van der Waals surface area (Å²) in [6.45, 7) is 10.1. The Kier molecular flexibility index (Phi) is 9.61. The summed E-state index contributed by atoms with van der Waals surface area (Å²) in [6.07, 6.45) is 4.56. The minimum atomic E-state index is -1.27. The number of carbonyl (C=O) groups is 3. The minimum absolute atomic E-state index is 0.173. The Hall–Kier alpha value is -4.24. The van der Waals surface area contributed by atoms with Crippen LogP contribution < -0.4 is 4.90 Å². The van der Waals surface area contributed by atoms with Crippen LogP contribution in [0.1, 0.15) is 30.9 Å². The molecule has 1 N–H and O–H groups in total. The van der Waals surface area contributed by atoms with Crippen LogP contribution in [0.4, 0.5) is 5.69 Å². The first-order valence-corrected chi connectivity index (χ1v) is 16.8. The van der Waals surface area contributed by atoms with Gasteiger partial charge < -0.3 is 24.5 Å². The van der Waals surface area contributed by atoms with E-state index in [-0.39, 0.29) is 37.4 Å². The van der Waals surface area contributed by atoms with Gasteiger partial charge in [-0.2, -0.15) is 0 Å². The zero-order valence-corrected chi connectivity index (χ0v) is 28.0. The number of likely N-dealkylation sites (tertiary alicyclic amines) is 1. The summed E-state index contributed by atoms with van der Waals surface area (Å²) in [4.78, 5) is 49.5. The number of benzene rings is 3. The smallest absolute Gasteiger partial charge is 0.253 e. The van der Waals surface area contributed by atoms with Gasteiger partial charge in [-0.05, 0) is 61.6 Å². The second-order valence-corrected chi connectivity index (χ2v) is 13.6. The molecule has 8 nitrogen and oxygen atoms in total. The van der Waals surface area contributed by atoms with Crippen LogP contribution in [0, 0.1) is 11.8 Å². The topological polar surface area (TPSA) is 90.4 Å². The summed E-state index contributed by atoms with van der Waals surface area (Å²) in [5, 5.41) is 11.4. The number of aliphatic hydroxyl groups is 1. The number of hydrogen-bond acceptors (Lipinski definition) is 5. The highest BCUT2D eigenvalue weighted by atomic mass is 35.5. The van der Waals surface area contributed by atoms with Gasteiger partial charge in [-0.1, -0.05) is 84.4 Å². The van der Waals surface area contributed by atoms with Gasteiger partial charge in [0.2, 0.25) is 11.8 Å². The van der Waals surface area contributed by atoms with Crippen molar-refractivity contribution in [3.63, 3.8) is 0 Å². The number of ether oxygens (including phenoxy) is 1. The number of carbonyl (C=O) groups excluding carboxylic acids is 3. The van der Waals surface area contributed by atoms with Crippen molar-refractivity contribution >= 4 is 35.0 Å². The maximum atomic E-state index is 15.0. The van der Waals surface area contributed by atoms with E-state index in [0.717, 1.165) is 11.1 Å². The predicted molar refractivity (Wildman–Crippen MR) is 186 cm³/mol. The van der Waals surface area contributed by atoms with E-state index in [9.17, 15) is 14.7 Å². The molecule has 3 amide bonds. The van der Waals surface area contributed by atoms with Gasteiger partial charge in [0.15, 0.2) is 0 Å². The Morgan fingerprint density at radius 3 is 2.19 bits per heavy atom. The number of halogens is 1. The average Bonchev–Trinajstić information content (AvgIpc) is 3.67. The number of fused-ring (bicyclic) bond motifs is 1. The van der Waals surface area contributed by atoms with E-state index in [2.05, 4.69) is 13.2 Å². The lowest BCUT2D eigenvalue weighted by Crippen LogP contribution is -2.59. The summed E-state index contributed by atoms with van der Waals surface area (Å²) in [6, 6.07) is 24.4. The lowest BCUT2D eigenvalue weighted by atomic mass is 9.66. The highest BCUT2D eigenvalue weighted by Gasteiger charge is 2.79. The van der Waals surface area contributed by atoms with E-state index in [1.54, 1.807) is 46.2 Å². The van der Waals surface area contributed by atoms with E-state index in [1.807, 2.05) is 67.6 Å². The third-order valence-electron chi connectivity index (χ3n) is 10.2. The molecule has 0 aliphatic carbocycles. The fraction of sp³-hybridized carbons (Fsp3) is 0.359. The SMILES string of the molecule is C=CCN(Cc1ccccc1)C(=O)[C@H]1[C@H]2C(=O)N([C@@H](CO)Cc3ccccc3)C(C(=O)N(CC=C)c3ccc(Cl)cc3)C23CC[C@]1(C)O3. The van der Waals surface area contributed by atoms with Crippen molar-refractivity contribution in [1.29, 1.82) is 0 Å². The molecule has 3 saturated heterocycles. The van der Waals surface area contributed by atoms with Gasteiger partial charge in [0.05, 0.1) is 30.1 Å². The Morgan fingerprint density at radius 2 is 1.58 bits per heavy atom. The molecule has 0 saturated carbocycles. The molecule has 3 heterocycles. The average molecular weight is 668 g/mol. The Balaban J connectivity index is 1.45. The number of hydrogen-bond donors (Lipinski definition) is 1. The first-order valence-electron chi connectivity index (χ1n) is 16.5. The second-order valence-electron chi connectivity index (χ2n) is 13.2. The fourth-order valence-electron chi connectivity index (χ4n) is 8.16. The molecular weight excluding hydrogens is 626 g/mol. The molecule has 2 bridgehead atoms. The molecule has 3 aliphatic rings. The molecule has 3 aromatic carbocycles. The van der Waals surface area contributed by atoms with Crippen molar-refractivity contribution < 1.29 is 24.2 Å². The van der Waals surface area contributed by atoms with Crippen LogP contribution in [0.2, 0.25) is 5.02 Å². The van der Waals surface area contributed by atoms with E-state index in [4.69, 9.17) is 16.3 Å². The zero-order chi connectivity index (χ0) is 34.1. The Morgan fingerprint density at radius 1 is 0.958 bits per heavy atom. The van der Waals surface area contributed by atoms with E-state index < -0.39 is 35.1 Å². The fourth-order valence-corrected chi connectivity index (χ4v) is 8.28. The molecule has 1 spiro atoms. The van der Waals surface area contributed by atoms with Crippen molar-refractivity contribution in [3.05, 3.63) is 126 Å². The second kappa shape index (κ2) is 13.7. The zero-order valence-electron chi connectivity index (χ0n) is 27.2. The summed E-state index contributed by atoms with van der Waals surface area (Å²) in [5.41, 5.74) is 0.221. The maximum absolute atomic E-state index is 15.0. The lowest BCUT2D eigenvalue weighted by Gasteiger charge is -2.39. The molecule has 3 fully saturated rings. The normalized spacial score (nSPS) is 26.2. The van der Waals surface area contributed by atoms with Gasteiger partial charge in [0, 0.05) is 30.3 Å². The Bertz CT molecular complexity index is 1670. The minimum Gasteiger partial charge on any atom is -0.394 e. The highest BCUT2D eigenvalue weighted by molar-refractivity contribution is 6.30. The van der Waals surface area contributed by atoms with Crippen molar-refractivity contribution in [3.8, 4) is 0 Å². The standard InChI is InChI=1S/C39H42ClN3O5/c1-4-22-41(25-28-14-10-7-11-15-28)35(45)32-33-36(46)43(31(26-44)24-27-12-8-6-9-13-27)34(39(33)21-20-38(32,3)48-39)37(47)42(23-5-2)30-18-16-29(40)17-19-30/h4-19,31-34,44H,1-2,20-26H2,3H3/t31-,32-,33+,34?,38+,39?/m1/s1. The van der Waals surface area contributed by atoms with Crippen molar-refractivity contribution in [2.45, 2.75) is 56.0 Å². The Labute approximate surface area is 287 Å². The third kappa shape index (κ3) is 5.87. The molecular formula is C39H42ClN3O5. The number of aliphatic hydroxyl groups excluding tert-OH is 1. The third-order valence-corrected chi connectivity index (χ3v) is 10.5. The van der Waals surface area contributed by atoms with Crippen molar-refractivity contribution in [2.24, 2.45) is 11.8 Å². The van der Waals surface area contributed by atoms with Crippen LogP contribution in [0.3, 0.4) is 0 Å². The van der Waals surface area contributed by atoms with Crippen LogP contribution in [-0.2, 0) is 32.1 Å². The molecule has 6 atom stereocenters. The molecule has 3 aromatic rings. The van der Waals surface area contributed by atoms with Gasteiger partial charge >= 0.3 is 0 Å². The van der Waals surface area contributed by atoms with Crippen LogP contribution >= 0.6 is 11.6 Å². The summed E-state index contributed by atoms with van der Waals surface area (Å²) in [7, 11) is 0. The largest absolute Gasteiger partial charge is 0.394 e. The molecule has 6 rings (SSSR count). The quantitative estimate of drug-likeness (QED) is 0.245. The summed E-state index contributed by atoms with van der Waals surface area (Å²) >= 11 is 6.20. The van der Waals surface area contributed by atoms with Crippen molar-refractivity contribution in [2.75, 3.05) is 24.6 Å². The molecule has 250 valence electrons. The highest BCUT2D eigenvalue weighted by Crippen LogP contribution is 2.64. The summed E-state index contributed by atoms with van der Waals surface area (Å²) in [5.74, 6) is -2.66. The number of nitrogens with zero attached hydrogens (tertiary/aromatic N) is 3. The first-order chi connectivity index (χ1) is 23.2. The van der Waals surface area contributed by atoms with E-state index in [1.165, 1.54) is 4.90 Å². The molecule has 0 radical (unpaired) electrons. The molecule has 9 heteroatoms. The van der Waals surface area contributed by atoms with Gasteiger partial charge in [-0.3, -0.25) is 14.4 Å². The van der Waals surface area contributed by atoms with E-state index in [0.29, 0.717) is 36.5 Å². The molecule has 48 heavy (non-hydrogen) atoms. The predicted octanol–water partition coefficient (Wildman–Crippen LogP) is 5.44. The molecule has 3 aliphatic heterocycles. The van der Waals surface area contributed by atoms with Gasteiger partial charge in [0.25, 0.3) is 5.91 Å². The van der Waals surface area contributed by atoms with Gasteiger partial charge in [0.1, 0.15) is 11.6 Å². The first kappa shape index (κ1) is 33.7. The molecule has 2 unspecified atom stereocenters. The number of anilines is 1. The summed E-state index contributed by atoms with van der Waals surface area (Å²) < 4.78 is 6.93.